The van der Waals surface area contributed by atoms with Crippen LogP contribution in [0, 0.1) is 29.8 Å². The van der Waals surface area contributed by atoms with Crippen LogP contribution in [0.2, 0.25) is 0 Å². The second kappa shape index (κ2) is 8.39. The first-order valence-electron chi connectivity index (χ1n) is 8.09. The van der Waals surface area contributed by atoms with Crippen molar-refractivity contribution < 1.29 is 23.6 Å². The van der Waals surface area contributed by atoms with E-state index in [0.717, 1.165) is 0 Å². The molecule has 1 aromatic heterocycles. The Hall–Kier alpha value is -3.30. The predicted octanol–water partition coefficient (Wildman–Crippen LogP) is 1.80. The maximum absolute atomic E-state index is 12.8. The zero-order valence-corrected chi connectivity index (χ0v) is 15.1. The number of ether oxygens (including phenoxy) is 1. The number of nitro groups is 1. The number of amides is 1. The molecule has 2 aromatic rings. The third-order valence-corrected chi connectivity index (χ3v) is 3.86. The lowest BCUT2D eigenvalue weighted by Gasteiger charge is -2.14. The Labute approximate surface area is 154 Å². The van der Waals surface area contributed by atoms with Gasteiger partial charge in [0.15, 0.2) is 6.10 Å². The first kappa shape index (κ1) is 20.0. The zero-order valence-electron chi connectivity index (χ0n) is 15.1. The molecule has 0 saturated carbocycles. The highest BCUT2D eigenvalue weighted by molar-refractivity contribution is 5.83. The van der Waals surface area contributed by atoms with E-state index >= 15 is 0 Å². The number of rotatable bonds is 7. The van der Waals surface area contributed by atoms with Gasteiger partial charge in [-0.25, -0.2) is 4.39 Å². The predicted molar refractivity (Wildman–Crippen MR) is 92.2 cm³/mol. The summed E-state index contributed by atoms with van der Waals surface area (Å²) in [6.07, 6.45) is -1.06. The van der Waals surface area contributed by atoms with Gasteiger partial charge >= 0.3 is 11.7 Å². The molecule has 0 radical (unpaired) electrons. The van der Waals surface area contributed by atoms with E-state index in [1.54, 1.807) is 0 Å². The molecule has 0 spiro atoms. The van der Waals surface area contributed by atoms with Crippen molar-refractivity contribution in [2.45, 2.75) is 40.0 Å². The molecule has 9 nitrogen and oxygen atoms in total. The number of halogens is 1. The molecule has 1 aromatic carbocycles. The van der Waals surface area contributed by atoms with Gasteiger partial charge in [0.05, 0.1) is 4.92 Å². The zero-order chi connectivity index (χ0) is 20.1. The van der Waals surface area contributed by atoms with Crippen LogP contribution in [0.3, 0.4) is 0 Å². The SMILES string of the molecule is Cc1nn(CC(=O)O[C@@H](C)C(=O)NCc2ccc(F)cc2)c(C)c1[N+](=O)[O-]. The van der Waals surface area contributed by atoms with Crippen molar-refractivity contribution in [1.29, 1.82) is 0 Å². The number of aromatic nitrogens is 2. The van der Waals surface area contributed by atoms with Crippen LogP contribution in [0.25, 0.3) is 0 Å². The summed E-state index contributed by atoms with van der Waals surface area (Å²) in [7, 11) is 0. The monoisotopic (exact) mass is 378 g/mol. The van der Waals surface area contributed by atoms with Crippen LogP contribution in [-0.2, 0) is 27.4 Å². The number of hydrogen-bond acceptors (Lipinski definition) is 6. The maximum Gasteiger partial charge on any atom is 0.328 e. The van der Waals surface area contributed by atoms with Gasteiger partial charge in [-0.1, -0.05) is 12.1 Å². The molecule has 0 saturated heterocycles. The molecule has 1 atom stereocenters. The van der Waals surface area contributed by atoms with E-state index in [0.29, 0.717) is 5.56 Å². The molecule has 0 aliphatic heterocycles. The molecule has 1 N–H and O–H groups in total. The summed E-state index contributed by atoms with van der Waals surface area (Å²) in [6, 6.07) is 5.61. The van der Waals surface area contributed by atoms with Crippen LogP contribution in [-0.4, -0.2) is 32.7 Å². The Morgan fingerprint density at radius 3 is 2.52 bits per heavy atom. The van der Waals surface area contributed by atoms with E-state index in [1.165, 1.54) is 49.7 Å². The van der Waals surface area contributed by atoms with E-state index in [1.807, 2.05) is 0 Å². The lowest BCUT2D eigenvalue weighted by atomic mass is 10.2. The summed E-state index contributed by atoms with van der Waals surface area (Å²) < 4.78 is 19.1. The molecule has 2 rings (SSSR count). The molecule has 27 heavy (non-hydrogen) atoms. The Kier molecular flexibility index (Phi) is 6.22. The summed E-state index contributed by atoms with van der Waals surface area (Å²) in [6.45, 7) is 4.16. The Bertz CT molecular complexity index is 863. The van der Waals surface area contributed by atoms with Crippen LogP contribution in [0.5, 0.6) is 0 Å². The summed E-state index contributed by atoms with van der Waals surface area (Å²) in [5.41, 5.74) is 0.948. The van der Waals surface area contributed by atoms with Gasteiger partial charge in [0.2, 0.25) is 0 Å². The third kappa shape index (κ3) is 5.09. The first-order chi connectivity index (χ1) is 12.7. The molecule has 1 amide bonds. The van der Waals surface area contributed by atoms with Crippen LogP contribution in [0.4, 0.5) is 10.1 Å². The first-order valence-corrected chi connectivity index (χ1v) is 8.09. The largest absolute Gasteiger partial charge is 0.451 e. The number of carbonyl (C=O) groups excluding carboxylic acids is 2. The van der Waals surface area contributed by atoms with Gasteiger partial charge in [0.1, 0.15) is 23.7 Å². The molecule has 144 valence electrons. The Morgan fingerprint density at radius 1 is 1.33 bits per heavy atom. The normalized spacial score (nSPS) is 11.7. The number of nitrogens with zero attached hydrogens (tertiary/aromatic N) is 3. The van der Waals surface area contributed by atoms with E-state index in [9.17, 15) is 24.1 Å². The molecule has 0 bridgehead atoms. The smallest absolute Gasteiger partial charge is 0.328 e. The van der Waals surface area contributed by atoms with Crippen molar-refractivity contribution in [2.75, 3.05) is 0 Å². The molecule has 0 fully saturated rings. The van der Waals surface area contributed by atoms with Crippen LogP contribution < -0.4 is 5.32 Å². The minimum absolute atomic E-state index is 0.157. The molecular formula is C17H19FN4O5. The fourth-order valence-electron chi connectivity index (χ4n) is 2.45. The highest BCUT2D eigenvalue weighted by Crippen LogP contribution is 2.21. The highest BCUT2D eigenvalue weighted by Gasteiger charge is 2.24. The topological polar surface area (TPSA) is 116 Å². The van der Waals surface area contributed by atoms with Crippen LogP contribution in [0.1, 0.15) is 23.9 Å². The minimum atomic E-state index is -1.06. The van der Waals surface area contributed by atoms with Crippen molar-refractivity contribution in [3.8, 4) is 0 Å². The molecular weight excluding hydrogens is 359 g/mol. The van der Waals surface area contributed by atoms with Crippen molar-refractivity contribution in [3.05, 3.63) is 57.1 Å². The van der Waals surface area contributed by atoms with Gasteiger partial charge in [0, 0.05) is 6.54 Å². The fourth-order valence-corrected chi connectivity index (χ4v) is 2.45. The van der Waals surface area contributed by atoms with Crippen molar-refractivity contribution >= 4 is 17.6 Å². The van der Waals surface area contributed by atoms with Crippen molar-refractivity contribution in [1.82, 2.24) is 15.1 Å². The van der Waals surface area contributed by atoms with Crippen LogP contribution >= 0.6 is 0 Å². The van der Waals surface area contributed by atoms with Crippen LogP contribution in [0.15, 0.2) is 24.3 Å². The summed E-state index contributed by atoms with van der Waals surface area (Å²) >= 11 is 0. The molecule has 1 heterocycles. The van der Waals surface area contributed by atoms with Crippen molar-refractivity contribution in [3.63, 3.8) is 0 Å². The summed E-state index contributed by atoms with van der Waals surface area (Å²) in [5.74, 6) is -1.65. The van der Waals surface area contributed by atoms with E-state index in [4.69, 9.17) is 4.74 Å². The highest BCUT2D eigenvalue weighted by atomic mass is 19.1. The summed E-state index contributed by atoms with van der Waals surface area (Å²) in [5, 5.41) is 17.5. The number of hydrogen-bond donors (Lipinski definition) is 1. The van der Waals surface area contributed by atoms with Crippen molar-refractivity contribution in [2.24, 2.45) is 0 Å². The van der Waals surface area contributed by atoms with E-state index in [-0.39, 0.29) is 36.0 Å². The number of carbonyl (C=O) groups is 2. The fraction of sp³-hybridized carbons (Fsp3) is 0.353. The molecule has 0 aliphatic rings. The number of esters is 1. The van der Waals surface area contributed by atoms with Gasteiger partial charge in [-0.2, -0.15) is 5.10 Å². The second-order valence-electron chi connectivity index (χ2n) is 5.91. The minimum Gasteiger partial charge on any atom is -0.451 e. The second-order valence-corrected chi connectivity index (χ2v) is 5.91. The molecule has 0 unspecified atom stereocenters. The number of aryl methyl sites for hydroxylation is 1. The quantitative estimate of drug-likeness (QED) is 0.446. The third-order valence-electron chi connectivity index (χ3n) is 3.86. The Balaban J connectivity index is 1.89. The lowest BCUT2D eigenvalue weighted by molar-refractivity contribution is -0.386. The van der Waals surface area contributed by atoms with Gasteiger partial charge < -0.3 is 10.1 Å². The standard InChI is InChI=1S/C17H19FN4O5/c1-10-16(22(25)26)11(2)21(20-10)9-15(23)27-12(3)17(24)19-8-13-4-6-14(18)7-5-13/h4-7,12H,8-9H2,1-3H3,(H,19,24)/t12-/m0/s1. The van der Waals surface area contributed by atoms with Gasteiger partial charge in [-0.05, 0) is 38.5 Å². The number of nitrogens with one attached hydrogen (secondary N) is 1. The number of benzene rings is 1. The van der Waals surface area contributed by atoms with E-state index < -0.39 is 22.9 Å². The lowest BCUT2D eigenvalue weighted by Crippen LogP contribution is -2.36. The van der Waals surface area contributed by atoms with Gasteiger partial charge in [-0.3, -0.25) is 24.4 Å². The van der Waals surface area contributed by atoms with E-state index in [2.05, 4.69) is 10.4 Å². The van der Waals surface area contributed by atoms with Gasteiger partial charge in [0.25, 0.3) is 5.91 Å². The average Bonchev–Trinajstić information content (AvgIpc) is 2.87. The van der Waals surface area contributed by atoms with Gasteiger partial charge in [-0.15, -0.1) is 0 Å². The maximum atomic E-state index is 12.8. The molecule has 10 heteroatoms. The average molecular weight is 378 g/mol. The molecule has 0 aliphatic carbocycles. The Morgan fingerprint density at radius 2 is 1.96 bits per heavy atom. The summed E-state index contributed by atoms with van der Waals surface area (Å²) in [4.78, 5) is 34.4.